The summed E-state index contributed by atoms with van der Waals surface area (Å²) in [5, 5.41) is 0.788. The summed E-state index contributed by atoms with van der Waals surface area (Å²) in [5.74, 6) is 0. The maximum atomic E-state index is 6.20. The van der Waals surface area contributed by atoms with Gasteiger partial charge in [-0.25, -0.2) is 0 Å². The molecule has 0 aliphatic rings. The Balaban J connectivity index is 2.50. The van der Waals surface area contributed by atoms with E-state index in [2.05, 4.69) is 11.9 Å². The van der Waals surface area contributed by atoms with Gasteiger partial charge in [0, 0.05) is 31.3 Å². The van der Waals surface area contributed by atoms with Crippen molar-refractivity contribution < 1.29 is 4.74 Å². The van der Waals surface area contributed by atoms with Crippen molar-refractivity contribution in [2.24, 2.45) is 5.73 Å². The molecule has 1 aromatic rings. The fraction of sp³-hybridized carbons (Fsp3) is 0.538. The lowest BCUT2D eigenvalue weighted by Gasteiger charge is -2.17. The Labute approximate surface area is 109 Å². The van der Waals surface area contributed by atoms with Crippen LogP contribution in [0.3, 0.4) is 0 Å². The zero-order valence-electron chi connectivity index (χ0n) is 10.6. The average Bonchev–Trinajstić information content (AvgIpc) is 2.32. The summed E-state index contributed by atoms with van der Waals surface area (Å²) in [7, 11) is 2.06. The van der Waals surface area contributed by atoms with Crippen LogP contribution < -0.4 is 5.73 Å². The van der Waals surface area contributed by atoms with Crippen molar-refractivity contribution in [1.29, 1.82) is 0 Å². The average molecular weight is 257 g/mol. The van der Waals surface area contributed by atoms with E-state index in [4.69, 9.17) is 22.1 Å². The highest BCUT2D eigenvalue weighted by Gasteiger charge is 2.05. The van der Waals surface area contributed by atoms with Crippen molar-refractivity contribution in [3.63, 3.8) is 0 Å². The quantitative estimate of drug-likeness (QED) is 0.761. The van der Waals surface area contributed by atoms with E-state index in [9.17, 15) is 0 Å². The summed E-state index contributed by atoms with van der Waals surface area (Å²) in [4.78, 5) is 2.19. The summed E-state index contributed by atoms with van der Waals surface area (Å²) in [6.45, 7) is 5.79. The topological polar surface area (TPSA) is 38.5 Å². The fourth-order valence-corrected chi connectivity index (χ4v) is 1.84. The summed E-state index contributed by atoms with van der Waals surface area (Å²) in [5.41, 5.74) is 7.76. The van der Waals surface area contributed by atoms with Crippen molar-refractivity contribution in [3.8, 4) is 0 Å². The lowest BCUT2D eigenvalue weighted by Crippen LogP contribution is -2.23. The van der Waals surface area contributed by atoms with Crippen LogP contribution in [0.1, 0.15) is 18.1 Å². The molecule has 0 aromatic heterocycles. The molecular formula is C13H21ClN2O. The number of likely N-dealkylation sites (N-methyl/N-ethyl adjacent to an activating group) is 1. The van der Waals surface area contributed by atoms with Crippen LogP contribution in [-0.4, -0.2) is 31.7 Å². The molecule has 0 unspecified atom stereocenters. The molecule has 1 aromatic carbocycles. The number of benzene rings is 1. The molecule has 0 radical (unpaired) electrons. The van der Waals surface area contributed by atoms with Crippen LogP contribution in [0.5, 0.6) is 0 Å². The van der Waals surface area contributed by atoms with Gasteiger partial charge in [-0.1, -0.05) is 23.7 Å². The maximum absolute atomic E-state index is 6.20. The van der Waals surface area contributed by atoms with Crippen LogP contribution in [0.2, 0.25) is 5.02 Å². The Morgan fingerprint density at radius 3 is 2.76 bits per heavy atom. The van der Waals surface area contributed by atoms with Crippen molar-refractivity contribution >= 4 is 11.6 Å². The van der Waals surface area contributed by atoms with Gasteiger partial charge in [0.05, 0.1) is 6.61 Å². The Bertz CT molecular complexity index is 344. The normalized spacial score (nSPS) is 11.1. The van der Waals surface area contributed by atoms with Crippen LogP contribution in [0.4, 0.5) is 0 Å². The van der Waals surface area contributed by atoms with Gasteiger partial charge in [-0.05, 0) is 31.2 Å². The first-order valence-electron chi connectivity index (χ1n) is 5.91. The molecule has 0 spiro atoms. The van der Waals surface area contributed by atoms with Crippen molar-refractivity contribution in [2.75, 3.05) is 26.8 Å². The molecule has 3 nitrogen and oxygen atoms in total. The zero-order valence-corrected chi connectivity index (χ0v) is 11.3. The molecule has 17 heavy (non-hydrogen) atoms. The minimum absolute atomic E-state index is 0.528. The van der Waals surface area contributed by atoms with Gasteiger partial charge in [-0.15, -0.1) is 0 Å². The minimum Gasteiger partial charge on any atom is -0.380 e. The minimum atomic E-state index is 0.528. The van der Waals surface area contributed by atoms with Crippen LogP contribution in [0, 0.1) is 0 Å². The molecule has 0 saturated carbocycles. The Kier molecular flexibility index (Phi) is 6.52. The van der Waals surface area contributed by atoms with Crippen molar-refractivity contribution in [2.45, 2.75) is 20.0 Å². The first kappa shape index (κ1) is 14.5. The predicted octanol–water partition coefficient (Wildman–Crippen LogP) is 2.27. The van der Waals surface area contributed by atoms with Gasteiger partial charge < -0.3 is 10.5 Å². The van der Waals surface area contributed by atoms with E-state index < -0.39 is 0 Å². The highest BCUT2D eigenvalue weighted by molar-refractivity contribution is 6.31. The predicted molar refractivity (Wildman–Crippen MR) is 72.2 cm³/mol. The second-order valence-electron chi connectivity index (χ2n) is 4.06. The van der Waals surface area contributed by atoms with Gasteiger partial charge >= 0.3 is 0 Å². The highest BCUT2D eigenvalue weighted by atomic mass is 35.5. The molecule has 0 heterocycles. The molecular weight excluding hydrogens is 236 g/mol. The summed E-state index contributed by atoms with van der Waals surface area (Å²) in [6.07, 6.45) is 0. The molecule has 0 saturated heterocycles. The van der Waals surface area contributed by atoms with Gasteiger partial charge in [0.25, 0.3) is 0 Å². The molecule has 0 aliphatic heterocycles. The fourth-order valence-electron chi connectivity index (χ4n) is 1.58. The monoisotopic (exact) mass is 256 g/mol. The van der Waals surface area contributed by atoms with E-state index in [0.717, 1.165) is 42.5 Å². The van der Waals surface area contributed by atoms with Crippen molar-refractivity contribution in [1.82, 2.24) is 4.90 Å². The SMILES string of the molecule is CCOCCN(C)Cc1ccc(CN)cc1Cl. The van der Waals surface area contributed by atoms with Gasteiger partial charge in [0.1, 0.15) is 0 Å². The van der Waals surface area contributed by atoms with E-state index in [-0.39, 0.29) is 0 Å². The Morgan fingerprint density at radius 2 is 2.18 bits per heavy atom. The second kappa shape index (κ2) is 7.67. The van der Waals surface area contributed by atoms with E-state index >= 15 is 0 Å². The van der Waals surface area contributed by atoms with Crippen LogP contribution in [-0.2, 0) is 17.8 Å². The van der Waals surface area contributed by atoms with Gasteiger partial charge in [-0.2, -0.15) is 0 Å². The third-order valence-corrected chi connectivity index (χ3v) is 2.97. The third kappa shape index (κ3) is 5.04. The molecule has 2 N–H and O–H groups in total. The van der Waals surface area contributed by atoms with Gasteiger partial charge in [0.2, 0.25) is 0 Å². The number of hydrogen-bond donors (Lipinski definition) is 1. The second-order valence-corrected chi connectivity index (χ2v) is 4.47. The molecule has 96 valence electrons. The summed E-state index contributed by atoms with van der Waals surface area (Å²) >= 11 is 6.20. The molecule has 0 atom stereocenters. The first-order chi connectivity index (χ1) is 8.17. The number of rotatable bonds is 7. The first-order valence-corrected chi connectivity index (χ1v) is 6.28. The third-order valence-electron chi connectivity index (χ3n) is 2.61. The molecule has 0 bridgehead atoms. The Morgan fingerprint density at radius 1 is 1.41 bits per heavy atom. The molecule has 4 heteroatoms. The highest BCUT2D eigenvalue weighted by Crippen LogP contribution is 2.19. The number of ether oxygens (including phenoxy) is 1. The molecule has 1 rings (SSSR count). The zero-order chi connectivity index (χ0) is 12.7. The van der Waals surface area contributed by atoms with Gasteiger partial charge in [0.15, 0.2) is 0 Å². The van der Waals surface area contributed by atoms with E-state index in [1.807, 2.05) is 25.1 Å². The number of halogens is 1. The van der Waals surface area contributed by atoms with Crippen LogP contribution in [0.15, 0.2) is 18.2 Å². The standard InChI is InChI=1S/C13H21ClN2O/c1-3-17-7-6-16(2)10-12-5-4-11(9-15)8-13(12)14/h4-5,8H,3,6-7,9-10,15H2,1-2H3. The molecule has 0 aliphatic carbocycles. The van der Waals surface area contributed by atoms with Crippen molar-refractivity contribution in [3.05, 3.63) is 34.3 Å². The smallest absolute Gasteiger partial charge is 0.0593 e. The van der Waals surface area contributed by atoms with E-state index in [0.29, 0.717) is 6.54 Å². The number of nitrogens with two attached hydrogens (primary N) is 1. The van der Waals surface area contributed by atoms with E-state index in [1.54, 1.807) is 0 Å². The molecule has 0 amide bonds. The van der Waals surface area contributed by atoms with E-state index in [1.165, 1.54) is 0 Å². The van der Waals surface area contributed by atoms with Crippen LogP contribution in [0.25, 0.3) is 0 Å². The number of hydrogen-bond acceptors (Lipinski definition) is 3. The van der Waals surface area contributed by atoms with Crippen LogP contribution >= 0.6 is 11.6 Å². The maximum Gasteiger partial charge on any atom is 0.0593 e. The lowest BCUT2D eigenvalue weighted by atomic mass is 10.1. The Hall–Kier alpha value is -0.610. The van der Waals surface area contributed by atoms with Gasteiger partial charge in [-0.3, -0.25) is 4.90 Å². The lowest BCUT2D eigenvalue weighted by molar-refractivity contribution is 0.120. The number of nitrogens with zero attached hydrogens (tertiary/aromatic N) is 1. The summed E-state index contributed by atoms with van der Waals surface area (Å²) in [6, 6.07) is 6.01. The summed E-state index contributed by atoms with van der Waals surface area (Å²) < 4.78 is 5.32. The largest absolute Gasteiger partial charge is 0.380 e. The molecule has 0 fully saturated rings.